The molecule has 250 valence electrons. The molecule has 4 aliphatic carbocycles. The molecule has 7 rings (SSSR count). The minimum absolute atomic E-state index is 0. The number of rotatable bonds is 5. The molecule has 0 N–H and O–H groups in total. The molecule has 0 bridgehead atoms. The second kappa shape index (κ2) is 17.1. The SMILES string of the molecule is Cl.Cl.[C](=Cc1ccccc1)=[Ru](=[c]1n(C2CCCCC2)ccn1C1CCCCC1)=[c]1n(C2CCCCC2)ccn1C1CCCCC1. The van der Waals surface area contributed by atoms with Crippen molar-refractivity contribution in [3.05, 3.63) is 68.7 Å². The quantitative estimate of drug-likeness (QED) is 0.232. The van der Waals surface area contributed by atoms with Crippen LogP contribution < -0.4 is 0 Å². The third kappa shape index (κ3) is 7.97. The van der Waals surface area contributed by atoms with E-state index < -0.39 is 14.6 Å². The van der Waals surface area contributed by atoms with Gasteiger partial charge in [-0.15, -0.1) is 24.8 Å². The normalized spacial score (nSPS) is 20.7. The van der Waals surface area contributed by atoms with Gasteiger partial charge in [0.2, 0.25) is 0 Å². The Morgan fingerprint density at radius 2 is 0.778 bits per heavy atom. The molecule has 3 aromatic rings. The van der Waals surface area contributed by atoms with E-state index in [4.69, 9.17) is 0 Å². The zero-order valence-electron chi connectivity index (χ0n) is 27.2. The Morgan fingerprint density at radius 1 is 0.467 bits per heavy atom. The van der Waals surface area contributed by atoms with Crippen LogP contribution in [0.1, 0.15) is 158 Å². The van der Waals surface area contributed by atoms with Gasteiger partial charge in [0.05, 0.1) is 0 Å². The zero-order chi connectivity index (χ0) is 28.8. The van der Waals surface area contributed by atoms with Gasteiger partial charge in [0.25, 0.3) is 0 Å². The van der Waals surface area contributed by atoms with E-state index in [1.54, 1.807) is 8.03 Å². The molecule has 7 heteroatoms. The molecule has 4 fully saturated rings. The Kier molecular flexibility index (Phi) is 13.2. The average Bonchev–Trinajstić information content (AvgIpc) is 3.73. The van der Waals surface area contributed by atoms with E-state index in [0.717, 1.165) is 0 Å². The summed E-state index contributed by atoms with van der Waals surface area (Å²) in [7, 11) is 0. The fourth-order valence-electron chi connectivity index (χ4n) is 8.49. The first-order chi connectivity index (χ1) is 21.4. The Hall–Kier alpha value is -1.51. The Bertz CT molecular complexity index is 1440. The maximum atomic E-state index is 4.29. The van der Waals surface area contributed by atoms with Crippen molar-refractivity contribution in [3.8, 4) is 0 Å². The van der Waals surface area contributed by atoms with E-state index >= 15 is 0 Å². The molecule has 0 saturated heterocycles. The van der Waals surface area contributed by atoms with Crippen molar-refractivity contribution in [1.82, 2.24) is 18.3 Å². The van der Waals surface area contributed by atoms with Gasteiger partial charge in [-0.05, 0) is 0 Å². The number of hydrogen-bond acceptors (Lipinski definition) is 0. The van der Waals surface area contributed by atoms with Crippen LogP contribution in [0.4, 0.5) is 0 Å². The van der Waals surface area contributed by atoms with Gasteiger partial charge in [-0.1, -0.05) is 0 Å². The summed E-state index contributed by atoms with van der Waals surface area (Å²) in [6.45, 7) is 0. The van der Waals surface area contributed by atoms with Crippen molar-refractivity contribution < 1.29 is 14.6 Å². The molecule has 45 heavy (non-hydrogen) atoms. The molecule has 4 nitrogen and oxygen atoms in total. The minimum atomic E-state index is -1.98. The third-order valence-corrected chi connectivity index (χ3v) is 15.0. The van der Waals surface area contributed by atoms with Gasteiger partial charge in [0.15, 0.2) is 0 Å². The predicted octanol–water partition coefficient (Wildman–Crippen LogP) is 11.3. The molecular formula is C38H56Cl2N4Ru. The molecule has 0 aliphatic heterocycles. The first-order valence-electron chi connectivity index (χ1n) is 17.9. The summed E-state index contributed by atoms with van der Waals surface area (Å²) in [5, 5.41) is 0. The number of halogens is 2. The van der Waals surface area contributed by atoms with Gasteiger partial charge in [-0.25, -0.2) is 0 Å². The molecule has 1 aromatic carbocycles. The Balaban J connectivity index is 0.00000200. The van der Waals surface area contributed by atoms with E-state index in [1.165, 1.54) is 134 Å². The molecule has 4 aliphatic rings. The topological polar surface area (TPSA) is 19.7 Å². The van der Waals surface area contributed by atoms with Gasteiger partial charge in [0, 0.05) is 0 Å². The van der Waals surface area contributed by atoms with Crippen LogP contribution >= 0.6 is 24.8 Å². The first kappa shape index (κ1) is 34.8. The molecule has 0 atom stereocenters. The summed E-state index contributed by atoms with van der Waals surface area (Å²) in [4.78, 5) is 0. The van der Waals surface area contributed by atoms with Crippen molar-refractivity contribution in [2.24, 2.45) is 0 Å². The molecule has 0 amide bonds. The van der Waals surface area contributed by atoms with Crippen LogP contribution in [0.3, 0.4) is 0 Å². The third-order valence-electron chi connectivity index (χ3n) is 10.9. The van der Waals surface area contributed by atoms with Crippen molar-refractivity contribution in [2.75, 3.05) is 0 Å². The monoisotopic (exact) mass is 740 g/mol. The number of benzene rings is 1. The maximum absolute atomic E-state index is 4.29. The van der Waals surface area contributed by atoms with Gasteiger partial charge in [-0.2, -0.15) is 0 Å². The van der Waals surface area contributed by atoms with Gasteiger partial charge in [0.1, 0.15) is 0 Å². The van der Waals surface area contributed by atoms with Crippen LogP contribution in [0.25, 0.3) is 6.08 Å². The number of nitrogens with zero attached hydrogens (tertiary/aromatic N) is 4. The summed E-state index contributed by atoms with van der Waals surface area (Å²) < 4.78 is 18.9. The Labute approximate surface area is 287 Å². The summed E-state index contributed by atoms with van der Waals surface area (Å²) >= 11 is -1.98. The van der Waals surface area contributed by atoms with Crippen LogP contribution in [-0.2, 0) is 14.6 Å². The van der Waals surface area contributed by atoms with E-state index in [9.17, 15) is 0 Å². The average molecular weight is 741 g/mol. The molecule has 0 radical (unpaired) electrons. The first-order valence-corrected chi connectivity index (χ1v) is 20.5. The van der Waals surface area contributed by atoms with E-state index in [0.29, 0.717) is 24.2 Å². The summed E-state index contributed by atoms with van der Waals surface area (Å²) in [5.41, 5.74) is 1.29. The van der Waals surface area contributed by atoms with Crippen LogP contribution in [0.2, 0.25) is 0 Å². The van der Waals surface area contributed by atoms with Crippen molar-refractivity contribution in [2.45, 2.75) is 153 Å². The fraction of sp³-hybridized carbons (Fsp3) is 0.632. The molecule has 0 unspecified atom stereocenters. The van der Waals surface area contributed by atoms with Crippen LogP contribution in [0.15, 0.2) is 55.1 Å². The van der Waals surface area contributed by atoms with Crippen LogP contribution in [0.5, 0.6) is 0 Å². The van der Waals surface area contributed by atoms with Crippen molar-refractivity contribution in [1.29, 1.82) is 0 Å². The zero-order valence-corrected chi connectivity index (χ0v) is 30.6. The van der Waals surface area contributed by atoms with E-state index in [1.807, 2.05) is 0 Å². The van der Waals surface area contributed by atoms with Gasteiger partial charge >= 0.3 is 264 Å². The number of hydrogen-bond donors (Lipinski definition) is 0. The number of aromatic nitrogens is 4. The predicted molar refractivity (Wildman–Crippen MR) is 190 cm³/mol. The molecule has 0 spiro atoms. The van der Waals surface area contributed by atoms with Crippen LogP contribution in [0, 0.1) is 8.03 Å². The second-order valence-corrected chi connectivity index (χ2v) is 17.2. The standard InChI is InChI=1S/2C15H24N2.C8H6.2ClH.Ru/c2*1-3-7-14(8-4-1)16-11-12-17(13-16)15-9-5-2-6-10-15;1-2-8-6-4-3-5-7-8;;;/h2*11-12,14-15H,1-10H2;2-7H;2*1H;. The summed E-state index contributed by atoms with van der Waals surface area (Å²) in [6.07, 6.45) is 39.8. The summed E-state index contributed by atoms with van der Waals surface area (Å²) in [5.74, 6) is 0. The fourth-order valence-corrected chi connectivity index (χ4v) is 13.4. The molecule has 2 aromatic heterocycles. The second-order valence-electron chi connectivity index (χ2n) is 13.8. The van der Waals surface area contributed by atoms with Gasteiger partial charge in [-0.3, -0.25) is 0 Å². The Morgan fingerprint density at radius 3 is 1.09 bits per heavy atom. The summed E-state index contributed by atoms with van der Waals surface area (Å²) in [6, 6.07) is 13.6. The van der Waals surface area contributed by atoms with E-state index in [-0.39, 0.29) is 24.8 Å². The van der Waals surface area contributed by atoms with Gasteiger partial charge < -0.3 is 0 Å². The molecular weight excluding hydrogens is 684 g/mol. The number of imidazole rings is 2. The van der Waals surface area contributed by atoms with Crippen LogP contribution in [-0.4, -0.2) is 22.5 Å². The van der Waals surface area contributed by atoms with Crippen molar-refractivity contribution in [3.63, 3.8) is 0 Å². The molecule has 4 saturated carbocycles. The van der Waals surface area contributed by atoms with Crippen molar-refractivity contribution >= 4 is 35.2 Å². The van der Waals surface area contributed by atoms with E-state index in [2.05, 4.69) is 83.7 Å². The molecule has 2 heterocycles.